The number of hydrogen-bond donors (Lipinski definition) is 4. The monoisotopic (exact) mass is 468 g/mol. The van der Waals surface area contributed by atoms with Crippen LogP contribution in [0.25, 0.3) is 0 Å². The molecule has 0 unspecified atom stereocenters. The first-order valence-electron chi connectivity index (χ1n) is 11.3. The molecule has 1 atom stereocenters. The van der Waals surface area contributed by atoms with Crippen LogP contribution in [0.1, 0.15) is 50.7 Å². The van der Waals surface area contributed by atoms with Gasteiger partial charge in [0.2, 0.25) is 0 Å². The average Bonchev–Trinajstić information content (AvgIpc) is 2.85. The number of ketones is 1. The van der Waals surface area contributed by atoms with E-state index in [1.807, 2.05) is 30.3 Å². The molecule has 0 saturated carbocycles. The Balaban J connectivity index is 1.67. The Labute approximate surface area is 202 Å². The van der Waals surface area contributed by atoms with Crippen molar-refractivity contribution in [3.05, 3.63) is 112 Å². The molecule has 1 aliphatic rings. The van der Waals surface area contributed by atoms with Gasteiger partial charge in [0.25, 0.3) is 0 Å². The van der Waals surface area contributed by atoms with Crippen LogP contribution in [0.5, 0.6) is 28.7 Å². The summed E-state index contributed by atoms with van der Waals surface area (Å²) in [7, 11) is 0. The zero-order valence-corrected chi connectivity index (χ0v) is 18.8. The fourth-order valence-electron chi connectivity index (χ4n) is 4.56. The van der Waals surface area contributed by atoms with E-state index in [-0.39, 0.29) is 64.9 Å². The molecule has 0 radical (unpaired) electrons. The van der Waals surface area contributed by atoms with Crippen LogP contribution >= 0.6 is 0 Å². The lowest BCUT2D eigenvalue weighted by molar-refractivity contribution is 0.0842. The van der Waals surface area contributed by atoms with Gasteiger partial charge in [0.15, 0.2) is 5.78 Å². The molecule has 0 fully saturated rings. The van der Waals surface area contributed by atoms with Gasteiger partial charge in [-0.2, -0.15) is 0 Å². The number of aromatic hydroxyl groups is 4. The van der Waals surface area contributed by atoms with Crippen molar-refractivity contribution in [3.8, 4) is 28.7 Å². The number of ether oxygens (including phenoxy) is 1. The van der Waals surface area contributed by atoms with Crippen LogP contribution in [-0.4, -0.2) is 26.2 Å². The molecule has 35 heavy (non-hydrogen) atoms. The molecule has 1 heterocycles. The highest BCUT2D eigenvalue weighted by Crippen LogP contribution is 2.49. The largest absolute Gasteiger partial charge is 0.508 e. The molecule has 1 aliphatic heterocycles. The maximum Gasteiger partial charge on any atom is 0.174 e. The first-order valence-corrected chi connectivity index (χ1v) is 11.3. The number of carbonyl (C=O) groups excluding carboxylic acids is 1. The molecule has 6 nitrogen and oxygen atoms in total. The number of rotatable bonds is 5. The Bertz CT molecular complexity index is 1410. The standard InChI is InChI=1S/C29H24O6/c30-20-11-6-7-17(13-20)14-22-27(33)21(15-19-10-4-5-12-23(19)31)28(34)26-24(32)16-25(35-29(22)26)18-8-2-1-3-9-18/h1-13,25,30-31,33-34H,14-16H2/t25-/m0/s1. The molecule has 176 valence electrons. The van der Waals surface area contributed by atoms with E-state index in [0.29, 0.717) is 16.7 Å². The Morgan fingerprint density at radius 3 is 2.26 bits per heavy atom. The zero-order chi connectivity index (χ0) is 24.5. The van der Waals surface area contributed by atoms with E-state index in [4.69, 9.17) is 4.74 Å². The third kappa shape index (κ3) is 4.26. The fourth-order valence-corrected chi connectivity index (χ4v) is 4.56. The minimum atomic E-state index is -0.568. The van der Waals surface area contributed by atoms with Crippen molar-refractivity contribution in [2.75, 3.05) is 0 Å². The Morgan fingerprint density at radius 2 is 1.51 bits per heavy atom. The number of hydrogen-bond acceptors (Lipinski definition) is 6. The van der Waals surface area contributed by atoms with Crippen molar-refractivity contribution in [2.24, 2.45) is 0 Å². The number of para-hydroxylation sites is 1. The molecule has 4 N–H and O–H groups in total. The number of benzene rings is 4. The summed E-state index contributed by atoms with van der Waals surface area (Å²) in [5.41, 5.74) is 2.49. The summed E-state index contributed by atoms with van der Waals surface area (Å²) in [4.78, 5) is 13.3. The van der Waals surface area contributed by atoms with Gasteiger partial charge in [-0.15, -0.1) is 0 Å². The quantitative estimate of drug-likeness (QED) is 0.313. The van der Waals surface area contributed by atoms with Crippen molar-refractivity contribution in [1.82, 2.24) is 0 Å². The fraction of sp³-hybridized carbons (Fsp3) is 0.138. The SMILES string of the molecule is O=C1C[C@@H](c2ccccc2)Oc2c(Cc3cccc(O)c3)c(O)c(Cc3ccccc3O)c(O)c21. The van der Waals surface area contributed by atoms with Gasteiger partial charge in [0.1, 0.15) is 40.4 Å². The topological polar surface area (TPSA) is 107 Å². The highest BCUT2D eigenvalue weighted by molar-refractivity contribution is 6.04. The molecule has 0 bridgehead atoms. The average molecular weight is 469 g/mol. The van der Waals surface area contributed by atoms with Crippen molar-refractivity contribution in [3.63, 3.8) is 0 Å². The molecule has 6 heteroatoms. The summed E-state index contributed by atoms with van der Waals surface area (Å²) in [6.07, 6.45) is -0.357. The van der Waals surface area contributed by atoms with Crippen LogP contribution < -0.4 is 4.74 Å². The van der Waals surface area contributed by atoms with Crippen LogP contribution in [0.15, 0.2) is 78.9 Å². The van der Waals surface area contributed by atoms with Gasteiger partial charge in [-0.3, -0.25) is 4.79 Å². The summed E-state index contributed by atoms with van der Waals surface area (Å²) < 4.78 is 6.26. The van der Waals surface area contributed by atoms with Crippen molar-refractivity contribution < 1.29 is 30.0 Å². The number of phenolic OH excluding ortho intramolecular Hbond substituents is 4. The van der Waals surface area contributed by atoms with E-state index in [2.05, 4.69) is 0 Å². The molecule has 5 rings (SSSR count). The predicted molar refractivity (Wildman–Crippen MR) is 130 cm³/mol. The van der Waals surface area contributed by atoms with Crippen molar-refractivity contribution in [1.29, 1.82) is 0 Å². The second-order valence-corrected chi connectivity index (χ2v) is 8.66. The van der Waals surface area contributed by atoms with Crippen LogP contribution in [0.4, 0.5) is 0 Å². The van der Waals surface area contributed by atoms with E-state index in [0.717, 1.165) is 5.56 Å². The van der Waals surface area contributed by atoms with Gasteiger partial charge >= 0.3 is 0 Å². The third-order valence-electron chi connectivity index (χ3n) is 6.33. The van der Waals surface area contributed by atoms with Gasteiger partial charge in [-0.1, -0.05) is 60.7 Å². The molecule has 0 spiro atoms. The van der Waals surface area contributed by atoms with E-state index in [1.54, 1.807) is 42.5 Å². The van der Waals surface area contributed by atoms with E-state index >= 15 is 0 Å². The Morgan fingerprint density at radius 1 is 0.771 bits per heavy atom. The minimum Gasteiger partial charge on any atom is -0.508 e. The van der Waals surface area contributed by atoms with E-state index < -0.39 is 6.10 Å². The number of carbonyl (C=O) groups is 1. The zero-order valence-electron chi connectivity index (χ0n) is 18.8. The Hall–Kier alpha value is -4.45. The molecule has 0 saturated heterocycles. The lowest BCUT2D eigenvalue weighted by Gasteiger charge is -2.30. The molecular formula is C29H24O6. The number of fused-ring (bicyclic) bond motifs is 1. The maximum atomic E-state index is 13.3. The molecule has 4 aromatic carbocycles. The summed E-state index contributed by atoms with van der Waals surface area (Å²) in [5.74, 6) is -0.637. The predicted octanol–water partition coefficient (Wildman–Crippen LogP) is 5.40. The molecular weight excluding hydrogens is 444 g/mol. The van der Waals surface area contributed by atoms with Gasteiger partial charge in [-0.25, -0.2) is 0 Å². The smallest absolute Gasteiger partial charge is 0.174 e. The summed E-state index contributed by atoms with van der Waals surface area (Å²) in [6.45, 7) is 0. The summed E-state index contributed by atoms with van der Waals surface area (Å²) in [6, 6.07) is 22.6. The summed E-state index contributed by atoms with van der Waals surface area (Å²) in [5, 5.41) is 42.7. The van der Waals surface area contributed by atoms with Gasteiger partial charge in [-0.05, 0) is 34.9 Å². The first kappa shape index (κ1) is 22.3. The lowest BCUT2D eigenvalue weighted by Crippen LogP contribution is -2.22. The molecule has 0 amide bonds. The lowest BCUT2D eigenvalue weighted by atomic mass is 9.87. The van der Waals surface area contributed by atoms with Crippen LogP contribution in [0.2, 0.25) is 0 Å². The summed E-state index contributed by atoms with van der Waals surface area (Å²) >= 11 is 0. The normalized spacial score (nSPS) is 14.9. The molecule has 0 aliphatic carbocycles. The first-order chi connectivity index (χ1) is 16.9. The van der Waals surface area contributed by atoms with E-state index in [1.165, 1.54) is 6.07 Å². The van der Waals surface area contributed by atoms with Crippen LogP contribution in [0.3, 0.4) is 0 Å². The maximum absolute atomic E-state index is 13.3. The Kier molecular flexibility index (Phi) is 5.79. The van der Waals surface area contributed by atoms with Crippen molar-refractivity contribution >= 4 is 5.78 Å². The van der Waals surface area contributed by atoms with Gasteiger partial charge in [0.05, 0.1) is 6.42 Å². The van der Waals surface area contributed by atoms with Crippen LogP contribution in [-0.2, 0) is 12.8 Å². The van der Waals surface area contributed by atoms with Crippen LogP contribution in [0, 0.1) is 0 Å². The highest BCUT2D eigenvalue weighted by Gasteiger charge is 2.36. The number of Topliss-reactive ketones (excluding diaryl/α,β-unsaturated/α-hetero) is 1. The van der Waals surface area contributed by atoms with Gasteiger partial charge in [0, 0.05) is 24.0 Å². The number of phenols is 4. The minimum absolute atomic E-state index is 0.0139. The third-order valence-corrected chi connectivity index (χ3v) is 6.33. The second kappa shape index (κ2) is 9.06. The second-order valence-electron chi connectivity index (χ2n) is 8.66. The van der Waals surface area contributed by atoms with E-state index in [9.17, 15) is 25.2 Å². The molecule has 0 aromatic heterocycles. The van der Waals surface area contributed by atoms with Gasteiger partial charge < -0.3 is 25.2 Å². The highest BCUT2D eigenvalue weighted by atomic mass is 16.5. The molecule has 4 aromatic rings. The van der Waals surface area contributed by atoms with Crippen molar-refractivity contribution in [2.45, 2.75) is 25.4 Å².